The fourth-order valence-electron chi connectivity index (χ4n) is 3.08. The molecular formula is C26H27FN4. The van der Waals surface area contributed by atoms with E-state index in [1.807, 2.05) is 30.4 Å². The summed E-state index contributed by atoms with van der Waals surface area (Å²) < 4.78 is 14.5. The summed E-state index contributed by atoms with van der Waals surface area (Å²) >= 11 is 0. The average Bonchev–Trinajstić information content (AvgIpc) is 2.75. The molecule has 0 aliphatic carbocycles. The molecule has 0 spiro atoms. The van der Waals surface area contributed by atoms with Crippen LogP contribution in [0, 0.1) is 11.7 Å². The highest BCUT2D eigenvalue weighted by atomic mass is 19.1. The summed E-state index contributed by atoms with van der Waals surface area (Å²) in [5.74, 6) is 0.515. The molecule has 31 heavy (non-hydrogen) atoms. The van der Waals surface area contributed by atoms with E-state index >= 15 is 0 Å². The van der Waals surface area contributed by atoms with Crippen molar-refractivity contribution in [2.75, 3.05) is 11.1 Å². The summed E-state index contributed by atoms with van der Waals surface area (Å²) in [6.45, 7) is 12.1. The summed E-state index contributed by atoms with van der Waals surface area (Å²) in [7, 11) is 0. The Morgan fingerprint density at radius 1 is 1.23 bits per heavy atom. The predicted molar refractivity (Wildman–Crippen MR) is 129 cm³/mol. The van der Waals surface area contributed by atoms with E-state index in [0.717, 1.165) is 22.2 Å². The van der Waals surface area contributed by atoms with Crippen LogP contribution >= 0.6 is 0 Å². The Balaban J connectivity index is 1.88. The maximum atomic E-state index is 14.5. The summed E-state index contributed by atoms with van der Waals surface area (Å²) in [4.78, 5) is 8.88. The number of pyridine rings is 2. The third kappa shape index (κ3) is 5.66. The molecule has 0 fully saturated rings. The first-order valence-electron chi connectivity index (χ1n) is 10.1. The van der Waals surface area contributed by atoms with Crippen LogP contribution < -0.4 is 11.1 Å². The van der Waals surface area contributed by atoms with Crippen molar-refractivity contribution in [2.24, 2.45) is 5.92 Å². The van der Waals surface area contributed by atoms with Crippen LogP contribution in [0.4, 0.5) is 15.9 Å². The zero-order valence-corrected chi connectivity index (χ0v) is 17.9. The smallest absolute Gasteiger partial charge is 0.150 e. The molecule has 0 saturated carbocycles. The second kappa shape index (κ2) is 9.85. The lowest BCUT2D eigenvalue weighted by atomic mass is 10.0. The van der Waals surface area contributed by atoms with Gasteiger partial charge >= 0.3 is 0 Å². The molecule has 1 aromatic carbocycles. The number of halogens is 1. The van der Waals surface area contributed by atoms with Gasteiger partial charge in [-0.1, -0.05) is 57.4 Å². The normalized spacial score (nSPS) is 11.9. The number of aromatic nitrogens is 2. The minimum Gasteiger partial charge on any atom is -0.396 e. The van der Waals surface area contributed by atoms with E-state index in [2.05, 4.69) is 43.4 Å². The lowest BCUT2D eigenvalue weighted by molar-refractivity contribution is 0.614. The van der Waals surface area contributed by atoms with Gasteiger partial charge in [-0.25, -0.2) is 9.37 Å². The van der Waals surface area contributed by atoms with Gasteiger partial charge in [0.05, 0.1) is 16.9 Å². The second-order valence-electron chi connectivity index (χ2n) is 7.61. The molecule has 158 valence electrons. The molecule has 3 aromatic rings. The Kier molecular flexibility index (Phi) is 6.98. The number of rotatable bonds is 8. The molecule has 2 heterocycles. The summed E-state index contributed by atoms with van der Waals surface area (Å²) in [5.41, 5.74) is 10.3. The molecule has 0 aliphatic heterocycles. The maximum absolute atomic E-state index is 14.5. The van der Waals surface area contributed by atoms with Crippen molar-refractivity contribution >= 4 is 28.0 Å². The average molecular weight is 415 g/mol. The first kappa shape index (κ1) is 22.0. The quantitative estimate of drug-likeness (QED) is 0.425. The SMILES string of the molecule is C=CC(=C)/C=C\C(=C/C(C)C)c1ccc(N)c(NCc2cc3cccnc3cc2F)n1. The number of fused-ring (bicyclic) bond motifs is 1. The van der Waals surface area contributed by atoms with E-state index in [9.17, 15) is 4.39 Å². The number of hydrogen-bond donors (Lipinski definition) is 2. The van der Waals surface area contributed by atoms with Crippen LogP contribution in [0.3, 0.4) is 0 Å². The van der Waals surface area contributed by atoms with E-state index in [0.29, 0.717) is 28.5 Å². The Morgan fingerprint density at radius 2 is 2.03 bits per heavy atom. The number of benzene rings is 1. The van der Waals surface area contributed by atoms with Crippen molar-refractivity contribution in [1.82, 2.24) is 9.97 Å². The van der Waals surface area contributed by atoms with Crippen LogP contribution in [0.5, 0.6) is 0 Å². The highest BCUT2D eigenvalue weighted by Gasteiger charge is 2.10. The molecule has 3 N–H and O–H groups in total. The van der Waals surface area contributed by atoms with Gasteiger partial charge in [0.15, 0.2) is 0 Å². The molecule has 0 amide bonds. The first-order valence-corrected chi connectivity index (χ1v) is 10.1. The van der Waals surface area contributed by atoms with Crippen molar-refractivity contribution in [1.29, 1.82) is 0 Å². The number of nitrogens with two attached hydrogens (primary N) is 1. The van der Waals surface area contributed by atoms with E-state index < -0.39 is 0 Å². The molecule has 5 heteroatoms. The number of allylic oxidation sites excluding steroid dienone is 6. The van der Waals surface area contributed by atoms with Gasteiger partial charge in [-0.2, -0.15) is 0 Å². The van der Waals surface area contributed by atoms with E-state index in [4.69, 9.17) is 10.7 Å². The lowest BCUT2D eigenvalue weighted by Gasteiger charge is -2.13. The van der Waals surface area contributed by atoms with Crippen LogP contribution in [0.15, 0.2) is 85.6 Å². The summed E-state index contributed by atoms with van der Waals surface area (Å²) in [6, 6.07) is 10.6. The topological polar surface area (TPSA) is 63.8 Å². The van der Waals surface area contributed by atoms with Crippen LogP contribution in [0.25, 0.3) is 16.5 Å². The van der Waals surface area contributed by atoms with Gasteiger partial charge < -0.3 is 11.1 Å². The monoisotopic (exact) mass is 414 g/mol. The van der Waals surface area contributed by atoms with Crippen molar-refractivity contribution in [3.05, 3.63) is 103 Å². The fourth-order valence-corrected chi connectivity index (χ4v) is 3.08. The zero-order chi connectivity index (χ0) is 22.4. The second-order valence-corrected chi connectivity index (χ2v) is 7.61. The number of nitrogens with one attached hydrogen (secondary N) is 1. The predicted octanol–water partition coefficient (Wildman–Crippen LogP) is 6.30. The van der Waals surface area contributed by atoms with Crippen LogP contribution in [-0.4, -0.2) is 9.97 Å². The number of anilines is 2. The maximum Gasteiger partial charge on any atom is 0.150 e. The Hall–Kier alpha value is -3.73. The Bertz CT molecular complexity index is 1180. The van der Waals surface area contributed by atoms with E-state index in [-0.39, 0.29) is 12.4 Å². The van der Waals surface area contributed by atoms with Crippen LogP contribution in [0.2, 0.25) is 0 Å². The molecule has 0 atom stereocenters. The van der Waals surface area contributed by atoms with Gasteiger partial charge in [0, 0.05) is 29.8 Å². The number of nitrogens with zero attached hydrogens (tertiary/aromatic N) is 2. The Morgan fingerprint density at radius 3 is 2.77 bits per heavy atom. The van der Waals surface area contributed by atoms with Gasteiger partial charge in [0.2, 0.25) is 0 Å². The van der Waals surface area contributed by atoms with Gasteiger partial charge in [-0.15, -0.1) is 0 Å². The summed E-state index contributed by atoms with van der Waals surface area (Å²) in [6.07, 6.45) is 9.32. The molecule has 0 saturated heterocycles. The molecule has 0 aliphatic rings. The fraction of sp³-hybridized carbons (Fsp3) is 0.154. The van der Waals surface area contributed by atoms with Crippen molar-refractivity contribution in [2.45, 2.75) is 20.4 Å². The minimum atomic E-state index is -0.320. The third-order valence-corrected chi connectivity index (χ3v) is 4.69. The van der Waals surface area contributed by atoms with Crippen molar-refractivity contribution in [3.8, 4) is 0 Å². The number of nitrogen functional groups attached to an aromatic ring is 1. The molecule has 0 unspecified atom stereocenters. The van der Waals surface area contributed by atoms with Crippen LogP contribution in [-0.2, 0) is 6.54 Å². The molecule has 4 nitrogen and oxygen atoms in total. The minimum absolute atomic E-state index is 0.254. The molecule has 3 rings (SSSR count). The zero-order valence-electron chi connectivity index (χ0n) is 17.9. The van der Waals surface area contributed by atoms with Gasteiger partial charge in [-0.3, -0.25) is 4.98 Å². The lowest BCUT2D eigenvalue weighted by Crippen LogP contribution is -2.07. The highest BCUT2D eigenvalue weighted by molar-refractivity contribution is 5.79. The highest BCUT2D eigenvalue weighted by Crippen LogP contribution is 2.24. The van der Waals surface area contributed by atoms with Crippen LogP contribution in [0.1, 0.15) is 25.1 Å². The molecule has 0 bridgehead atoms. The molecular weight excluding hydrogens is 387 g/mol. The van der Waals surface area contributed by atoms with E-state index in [1.54, 1.807) is 24.4 Å². The van der Waals surface area contributed by atoms with Crippen molar-refractivity contribution in [3.63, 3.8) is 0 Å². The van der Waals surface area contributed by atoms with Gasteiger partial charge in [0.1, 0.15) is 11.6 Å². The molecule has 2 aromatic heterocycles. The largest absolute Gasteiger partial charge is 0.396 e. The van der Waals surface area contributed by atoms with E-state index in [1.165, 1.54) is 6.07 Å². The van der Waals surface area contributed by atoms with Crippen molar-refractivity contribution < 1.29 is 4.39 Å². The first-order chi connectivity index (χ1) is 14.9. The molecule has 0 radical (unpaired) electrons. The standard InChI is InChI=1S/C26H27FN4/c1-5-18(4)8-9-20(13-17(2)3)24-11-10-23(28)26(31-24)30-16-21-14-19-7-6-12-29-25(19)15-22(21)27/h5-15,17H,1,4,16,28H2,2-3H3,(H,30,31)/b9-8-,20-13+. The summed E-state index contributed by atoms with van der Waals surface area (Å²) in [5, 5.41) is 4.06. The number of hydrogen-bond acceptors (Lipinski definition) is 4. The van der Waals surface area contributed by atoms with Gasteiger partial charge in [-0.05, 0) is 41.3 Å². The van der Waals surface area contributed by atoms with Gasteiger partial charge in [0.25, 0.3) is 0 Å². The Labute approximate surface area is 182 Å². The third-order valence-electron chi connectivity index (χ3n) is 4.69.